The third-order valence-corrected chi connectivity index (χ3v) is 1.86. The molecular weight excluding hydrogens is 182 g/mol. The Labute approximate surface area is 80.2 Å². The summed E-state index contributed by atoms with van der Waals surface area (Å²) in [5, 5.41) is 11.5. The number of fused-ring (bicyclic) bond motifs is 1. The Morgan fingerprint density at radius 2 is 2.07 bits per heavy atom. The van der Waals surface area contributed by atoms with Gasteiger partial charge in [-0.2, -0.15) is 5.10 Å². The molecule has 0 saturated heterocycles. The van der Waals surface area contributed by atoms with Gasteiger partial charge in [0, 0.05) is 6.20 Å². The molecule has 0 radical (unpaired) electrons. The smallest absolute Gasteiger partial charge is 0.245 e. The van der Waals surface area contributed by atoms with Gasteiger partial charge in [-0.3, -0.25) is 0 Å². The molecule has 0 unspecified atom stereocenters. The third kappa shape index (κ3) is 1.19. The lowest BCUT2D eigenvalue weighted by Crippen LogP contribution is -2.34. The number of aromatic nitrogens is 5. The van der Waals surface area contributed by atoms with Gasteiger partial charge in [-0.1, -0.05) is 0 Å². The predicted molar refractivity (Wildman–Crippen MR) is 50.0 cm³/mol. The minimum absolute atomic E-state index is 0.192. The molecule has 0 spiro atoms. The maximum absolute atomic E-state index is 11.8. The molecule has 2 aromatic heterocycles. The lowest BCUT2D eigenvalue weighted by atomic mass is 10.1. The van der Waals surface area contributed by atoms with Crippen LogP contribution in [0.25, 0.3) is 5.78 Å². The summed E-state index contributed by atoms with van der Waals surface area (Å²) in [5.41, 5.74) is -0.535. The molecule has 0 aliphatic carbocycles. The van der Waals surface area contributed by atoms with Crippen molar-refractivity contribution < 1.29 is 0 Å². The highest BCUT2D eigenvalue weighted by molar-refractivity contribution is 5.21. The van der Waals surface area contributed by atoms with Crippen molar-refractivity contribution in [3.8, 4) is 0 Å². The fraction of sp³-hybridized carbons (Fsp3) is 0.500. The van der Waals surface area contributed by atoms with E-state index in [2.05, 4.69) is 15.3 Å². The second kappa shape index (κ2) is 2.63. The molecule has 0 atom stereocenters. The Bertz CT molecular complexity index is 518. The molecule has 0 saturated carbocycles. The van der Waals surface area contributed by atoms with Crippen LogP contribution in [0.15, 0.2) is 17.2 Å². The van der Waals surface area contributed by atoms with Crippen LogP contribution in [0.2, 0.25) is 0 Å². The summed E-state index contributed by atoms with van der Waals surface area (Å²) < 4.78 is 2.77. The summed E-state index contributed by atoms with van der Waals surface area (Å²) in [7, 11) is 0. The van der Waals surface area contributed by atoms with Crippen LogP contribution in [0.1, 0.15) is 20.8 Å². The average Bonchev–Trinajstić information content (AvgIpc) is 2.44. The van der Waals surface area contributed by atoms with Gasteiger partial charge < -0.3 is 0 Å². The van der Waals surface area contributed by atoms with E-state index in [1.165, 1.54) is 15.3 Å². The van der Waals surface area contributed by atoms with Crippen molar-refractivity contribution in [2.75, 3.05) is 0 Å². The summed E-state index contributed by atoms with van der Waals surface area (Å²) in [6.07, 6.45) is 3.02. The Kier molecular flexibility index (Phi) is 1.67. The number of nitrogens with zero attached hydrogens (tertiary/aromatic N) is 5. The second-order valence-electron chi connectivity index (χ2n) is 4.05. The van der Waals surface area contributed by atoms with E-state index in [-0.39, 0.29) is 11.2 Å². The monoisotopic (exact) mass is 193 g/mol. The van der Waals surface area contributed by atoms with E-state index in [9.17, 15) is 4.79 Å². The molecule has 2 heterocycles. The first kappa shape index (κ1) is 8.86. The predicted octanol–water partition coefficient (Wildman–Crippen LogP) is 0.0410. The van der Waals surface area contributed by atoms with E-state index in [1.807, 2.05) is 20.8 Å². The van der Waals surface area contributed by atoms with Crippen molar-refractivity contribution in [1.82, 2.24) is 24.4 Å². The lowest BCUT2D eigenvalue weighted by Gasteiger charge is -2.16. The lowest BCUT2D eigenvalue weighted by molar-refractivity contribution is 0.344. The van der Waals surface area contributed by atoms with E-state index in [0.29, 0.717) is 5.78 Å². The zero-order valence-corrected chi connectivity index (χ0v) is 8.30. The average molecular weight is 193 g/mol. The molecule has 0 aromatic carbocycles. The Morgan fingerprint density at radius 3 is 2.64 bits per heavy atom. The maximum Gasteiger partial charge on any atom is 0.352 e. The normalized spacial score (nSPS) is 12.2. The molecule has 0 aliphatic heterocycles. The van der Waals surface area contributed by atoms with Crippen LogP contribution in [-0.2, 0) is 5.54 Å². The number of rotatable bonds is 0. The summed E-state index contributed by atoms with van der Waals surface area (Å²) in [6.45, 7) is 5.73. The number of hydrogen-bond donors (Lipinski definition) is 0. The van der Waals surface area contributed by atoms with E-state index in [4.69, 9.17) is 0 Å². The molecule has 0 bridgehead atoms. The van der Waals surface area contributed by atoms with Gasteiger partial charge in [-0.25, -0.2) is 13.9 Å². The molecule has 2 rings (SSSR count). The molecule has 0 aliphatic rings. The molecule has 6 heteroatoms. The van der Waals surface area contributed by atoms with Crippen LogP contribution < -0.4 is 5.69 Å². The molecule has 2 aromatic rings. The quantitative estimate of drug-likeness (QED) is 0.592. The van der Waals surface area contributed by atoms with Gasteiger partial charge in [0.2, 0.25) is 0 Å². The minimum atomic E-state index is -0.342. The Hall–Kier alpha value is -1.72. The summed E-state index contributed by atoms with van der Waals surface area (Å²) >= 11 is 0. The van der Waals surface area contributed by atoms with Crippen LogP contribution in [0, 0.1) is 0 Å². The van der Waals surface area contributed by atoms with Crippen molar-refractivity contribution in [3.05, 3.63) is 22.9 Å². The van der Waals surface area contributed by atoms with Crippen LogP contribution in [0.5, 0.6) is 0 Å². The topological polar surface area (TPSA) is 65.1 Å². The third-order valence-electron chi connectivity index (χ3n) is 1.86. The summed E-state index contributed by atoms with van der Waals surface area (Å²) in [5.74, 6) is 0.326. The first-order chi connectivity index (χ1) is 6.50. The van der Waals surface area contributed by atoms with E-state index >= 15 is 0 Å². The van der Waals surface area contributed by atoms with Gasteiger partial charge in [0.25, 0.3) is 5.78 Å². The van der Waals surface area contributed by atoms with Crippen molar-refractivity contribution in [1.29, 1.82) is 0 Å². The van der Waals surface area contributed by atoms with Crippen molar-refractivity contribution >= 4 is 5.78 Å². The van der Waals surface area contributed by atoms with Crippen LogP contribution in [0.4, 0.5) is 0 Å². The van der Waals surface area contributed by atoms with Gasteiger partial charge in [0.15, 0.2) is 0 Å². The molecular formula is C8H11N5O. The minimum Gasteiger partial charge on any atom is -0.245 e. The molecule has 0 fully saturated rings. The number of hydrogen-bond acceptors (Lipinski definition) is 4. The molecule has 14 heavy (non-hydrogen) atoms. The zero-order chi connectivity index (χ0) is 10.3. The van der Waals surface area contributed by atoms with E-state index < -0.39 is 0 Å². The SMILES string of the molecule is CC(C)(C)n1nc2nnccn2c1=O. The largest absolute Gasteiger partial charge is 0.352 e. The van der Waals surface area contributed by atoms with Crippen LogP contribution in [0.3, 0.4) is 0 Å². The summed E-state index contributed by atoms with van der Waals surface area (Å²) in [6, 6.07) is 0. The fourth-order valence-corrected chi connectivity index (χ4v) is 1.18. The van der Waals surface area contributed by atoms with Crippen molar-refractivity contribution in [2.24, 2.45) is 0 Å². The van der Waals surface area contributed by atoms with Gasteiger partial charge in [0.05, 0.1) is 11.7 Å². The zero-order valence-electron chi connectivity index (χ0n) is 8.30. The Morgan fingerprint density at radius 1 is 1.36 bits per heavy atom. The highest BCUT2D eigenvalue weighted by Gasteiger charge is 2.19. The molecule has 74 valence electrons. The standard InChI is InChI=1S/C8H11N5O/c1-8(2,3)13-7(14)12-5-4-9-10-6(12)11-13/h4-5H,1-3H3. The van der Waals surface area contributed by atoms with Gasteiger partial charge in [0.1, 0.15) is 0 Å². The second-order valence-corrected chi connectivity index (χ2v) is 4.05. The highest BCUT2D eigenvalue weighted by atomic mass is 16.2. The van der Waals surface area contributed by atoms with Gasteiger partial charge >= 0.3 is 5.69 Å². The van der Waals surface area contributed by atoms with Crippen molar-refractivity contribution in [3.63, 3.8) is 0 Å². The summed E-state index contributed by atoms with van der Waals surface area (Å²) in [4.78, 5) is 11.8. The Balaban J connectivity index is 2.82. The van der Waals surface area contributed by atoms with Crippen LogP contribution >= 0.6 is 0 Å². The molecule has 0 amide bonds. The van der Waals surface area contributed by atoms with E-state index in [1.54, 1.807) is 6.20 Å². The van der Waals surface area contributed by atoms with Crippen molar-refractivity contribution in [2.45, 2.75) is 26.3 Å². The van der Waals surface area contributed by atoms with Gasteiger partial charge in [-0.05, 0) is 20.8 Å². The molecule has 0 N–H and O–H groups in total. The highest BCUT2D eigenvalue weighted by Crippen LogP contribution is 2.08. The van der Waals surface area contributed by atoms with Crippen LogP contribution in [-0.4, -0.2) is 24.4 Å². The van der Waals surface area contributed by atoms with E-state index in [0.717, 1.165) is 0 Å². The first-order valence-electron chi connectivity index (χ1n) is 4.30. The first-order valence-corrected chi connectivity index (χ1v) is 4.30. The fourth-order valence-electron chi connectivity index (χ4n) is 1.18. The molecule has 6 nitrogen and oxygen atoms in total. The van der Waals surface area contributed by atoms with Gasteiger partial charge in [-0.15, -0.1) is 10.2 Å². The maximum atomic E-state index is 11.8.